The Kier molecular flexibility index (Phi) is 8.24. The van der Waals surface area contributed by atoms with Crippen molar-refractivity contribution >= 4 is 15.1 Å². The van der Waals surface area contributed by atoms with Gasteiger partial charge >= 0.3 is 0 Å². The lowest BCUT2D eigenvalue weighted by molar-refractivity contribution is -0.347. The summed E-state index contributed by atoms with van der Waals surface area (Å²) in [7, 11) is 1.88. The Balaban J connectivity index is 2.23. The van der Waals surface area contributed by atoms with Crippen LogP contribution in [-0.2, 0) is 18.9 Å². The predicted molar refractivity (Wildman–Crippen MR) is 95.8 cm³/mol. The Bertz CT molecular complexity index is 502. The van der Waals surface area contributed by atoms with Gasteiger partial charge < -0.3 is 60.3 Å². The number of rotatable bonds is 7. The van der Waals surface area contributed by atoms with E-state index in [2.05, 4.69) is 0 Å². The molecule has 2 rings (SSSR count). The maximum absolute atomic E-state index is 10.7. The highest BCUT2D eigenvalue weighted by Crippen LogP contribution is 2.32. The van der Waals surface area contributed by atoms with Gasteiger partial charge in [-0.15, -0.1) is 0 Å². The molecule has 2 heterocycles. The summed E-state index contributed by atoms with van der Waals surface area (Å²) in [5.74, 6) is 0. The van der Waals surface area contributed by atoms with Gasteiger partial charge in [-0.05, 0) is 6.92 Å². The zero-order valence-electron chi connectivity index (χ0n) is 15.7. The first kappa shape index (κ1) is 23.9. The van der Waals surface area contributed by atoms with E-state index >= 15 is 0 Å². The van der Waals surface area contributed by atoms with Crippen LogP contribution in [0.4, 0.5) is 0 Å². The Hall–Kier alpha value is -0.350. The second-order valence-corrected chi connectivity index (χ2v) is 7.17. The van der Waals surface area contributed by atoms with Gasteiger partial charge in [0.15, 0.2) is 6.29 Å². The van der Waals surface area contributed by atoms with E-state index in [4.69, 9.17) is 24.6 Å². The smallest absolute Gasteiger partial charge is 0.232 e. The number of nitrogens with two attached hydrogens (primary N) is 1. The average Bonchev–Trinajstić information content (AvgIpc) is 2.64. The standard InChI is InChI=1S/C14H29B2NO11/c1-14(17,28-16-15)12-10(24)11(7(21)5(3-19)25-12)27-13-9(23)8(22)6(20)4(2-18)26-13/h4-13,16,18-24H,2-3,15,17H2,1H3. The van der Waals surface area contributed by atoms with E-state index in [1.54, 1.807) is 7.74 Å². The van der Waals surface area contributed by atoms with Crippen molar-refractivity contribution in [1.29, 1.82) is 0 Å². The van der Waals surface area contributed by atoms with Gasteiger partial charge in [0, 0.05) is 0 Å². The Morgan fingerprint density at radius 3 is 2.04 bits per heavy atom. The molecule has 0 spiro atoms. The highest BCUT2D eigenvalue weighted by atomic mass is 16.7. The summed E-state index contributed by atoms with van der Waals surface area (Å²) in [5.41, 5.74) is 4.55. The van der Waals surface area contributed by atoms with Crippen molar-refractivity contribution in [1.82, 2.24) is 0 Å². The molecular weight excluding hydrogens is 380 g/mol. The number of hydrogen-bond acceptors (Lipinski definition) is 12. The lowest BCUT2D eigenvalue weighted by Crippen LogP contribution is -2.69. The largest absolute Gasteiger partial charge is 0.431 e. The molecule has 0 saturated carbocycles. The molecule has 0 aromatic carbocycles. The molecule has 9 N–H and O–H groups in total. The van der Waals surface area contributed by atoms with Crippen LogP contribution in [0.5, 0.6) is 0 Å². The first-order valence-electron chi connectivity index (χ1n) is 9.10. The van der Waals surface area contributed by atoms with Gasteiger partial charge in [-0.1, -0.05) is 0 Å². The van der Waals surface area contributed by atoms with Gasteiger partial charge in [0.1, 0.15) is 68.4 Å². The highest BCUT2D eigenvalue weighted by Gasteiger charge is 2.53. The molecular formula is C14H29B2NO11. The fraction of sp³-hybridized carbons (Fsp3) is 1.00. The quantitative estimate of drug-likeness (QED) is 0.146. The van der Waals surface area contributed by atoms with Crippen LogP contribution in [0.3, 0.4) is 0 Å². The second kappa shape index (κ2) is 9.64. The van der Waals surface area contributed by atoms with Crippen LogP contribution in [0, 0.1) is 0 Å². The number of aliphatic hydroxyl groups is 7. The van der Waals surface area contributed by atoms with Crippen LogP contribution in [0.2, 0.25) is 0 Å². The Morgan fingerprint density at radius 1 is 0.929 bits per heavy atom. The van der Waals surface area contributed by atoms with Gasteiger partial charge in [0.25, 0.3) is 0 Å². The molecule has 0 aromatic heterocycles. The lowest BCUT2D eigenvalue weighted by atomic mass is 9.71. The molecule has 2 fully saturated rings. The molecule has 0 amide bonds. The van der Waals surface area contributed by atoms with E-state index in [9.17, 15) is 35.7 Å². The second-order valence-electron chi connectivity index (χ2n) is 7.17. The first-order chi connectivity index (χ1) is 13.1. The minimum absolute atomic E-state index is 0.199. The molecule has 28 heavy (non-hydrogen) atoms. The van der Waals surface area contributed by atoms with E-state index in [0.29, 0.717) is 0 Å². The minimum Gasteiger partial charge on any atom is -0.431 e. The van der Waals surface area contributed by atoms with E-state index < -0.39 is 80.2 Å². The zero-order valence-corrected chi connectivity index (χ0v) is 15.7. The Labute approximate surface area is 163 Å². The highest BCUT2D eigenvalue weighted by molar-refractivity contribution is 6.85. The minimum atomic E-state index is -1.73. The van der Waals surface area contributed by atoms with Crippen molar-refractivity contribution < 1.29 is 54.6 Å². The van der Waals surface area contributed by atoms with Crippen LogP contribution >= 0.6 is 0 Å². The number of ether oxygens (including phenoxy) is 3. The van der Waals surface area contributed by atoms with E-state index in [-0.39, 0.29) is 7.37 Å². The molecule has 0 aliphatic carbocycles. The van der Waals surface area contributed by atoms with Gasteiger partial charge in [-0.25, -0.2) is 0 Å². The van der Waals surface area contributed by atoms with Gasteiger partial charge in [0.2, 0.25) is 7.37 Å². The SMILES string of the molecule is BBOC(C)(N)C1OC(CO)C(O)C(OC2OC(CO)C(O)C(O)C2O)C1O. The summed E-state index contributed by atoms with van der Waals surface area (Å²) in [4.78, 5) is 0. The summed E-state index contributed by atoms with van der Waals surface area (Å²) in [6.45, 7) is 0.152. The van der Waals surface area contributed by atoms with Crippen molar-refractivity contribution in [2.24, 2.45) is 5.73 Å². The van der Waals surface area contributed by atoms with Crippen LogP contribution in [0.1, 0.15) is 6.92 Å². The Morgan fingerprint density at radius 2 is 1.50 bits per heavy atom. The lowest BCUT2D eigenvalue weighted by Gasteiger charge is -2.49. The molecule has 14 heteroatoms. The van der Waals surface area contributed by atoms with E-state index in [1.807, 2.05) is 0 Å². The molecule has 2 aliphatic heterocycles. The molecule has 2 aliphatic rings. The fourth-order valence-electron chi connectivity index (χ4n) is 3.45. The topological polar surface area (TPSA) is 205 Å². The third kappa shape index (κ3) is 4.69. The van der Waals surface area contributed by atoms with Crippen LogP contribution in [-0.4, -0.2) is 131 Å². The van der Waals surface area contributed by atoms with E-state index in [1.165, 1.54) is 6.92 Å². The van der Waals surface area contributed by atoms with Gasteiger partial charge in [-0.3, -0.25) is 0 Å². The summed E-state index contributed by atoms with van der Waals surface area (Å²) in [6, 6.07) is 0. The maximum atomic E-state index is 10.7. The molecule has 2 saturated heterocycles. The van der Waals surface area contributed by atoms with Crippen LogP contribution in [0.25, 0.3) is 0 Å². The number of hydrogen-bond donors (Lipinski definition) is 8. The number of aliphatic hydroxyl groups excluding tert-OH is 7. The van der Waals surface area contributed by atoms with Crippen molar-refractivity contribution in [3.63, 3.8) is 0 Å². The van der Waals surface area contributed by atoms with Gasteiger partial charge in [0.05, 0.1) is 13.2 Å². The molecule has 0 aromatic rings. The van der Waals surface area contributed by atoms with Crippen molar-refractivity contribution in [3.05, 3.63) is 0 Å². The van der Waals surface area contributed by atoms with Crippen LogP contribution < -0.4 is 5.73 Å². The average molecular weight is 409 g/mol. The summed E-state index contributed by atoms with van der Waals surface area (Å²) in [5, 5.41) is 69.7. The third-order valence-electron chi connectivity index (χ3n) is 5.03. The van der Waals surface area contributed by atoms with Crippen LogP contribution in [0.15, 0.2) is 0 Å². The molecule has 0 bridgehead atoms. The van der Waals surface area contributed by atoms with Crippen molar-refractivity contribution in [2.75, 3.05) is 13.2 Å². The van der Waals surface area contributed by atoms with Crippen molar-refractivity contribution in [2.45, 2.75) is 73.9 Å². The van der Waals surface area contributed by atoms with E-state index in [0.717, 1.165) is 0 Å². The summed E-state index contributed by atoms with van der Waals surface area (Å²) in [6.07, 6.45) is -14.8. The maximum Gasteiger partial charge on any atom is 0.232 e. The monoisotopic (exact) mass is 409 g/mol. The molecule has 11 atom stereocenters. The zero-order chi connectivity index (χ0) is 21.2. The summed E-state index contributed by atoms with van der Waals surface area (Å²) >= 11 is 0. The predicted octanol–water partition coefficient (Wildman–Crippen LogP) is -6.76. The normalized spacial score (nSPS) is 46.8. The molecule has 12 nitrogen and oxygen atoms in total. The van der Waals surface area contributed by atoms with Crippen molar-refractivity contribution in [3.8, 4) is 0 Å². The summed E-state index contributed by atoms with van der Waals surface area (Å²) < 4.78 is 21.6. The third-order valence-corrected chi connectivity index (χ3v) is 5.03. The molecule has 0 radical (unpaired) electrons. The first-order valence-corrected chi connectivity index (χ1v) is 9.10. The fourth-order valence-corrected chi connectivity index (χ4v) is 3.45. The van der Waals surface area contributed by atoms with Gasteiger partial charge in [-0.2, -0.15) is 0 Å². The molecule has 162 valence electrons. The molecule has 11 unspecified atom stereocenters.